The standard InChI is InChI=1S/C14H28N2O2/c1-11-8-9-15(5)10-12(6-7-13(17)18)16(11)14(2,3)4/h11-12H,6-10H2,1-5H3,(H,17,18). The minimum absolute atomic E-state index is 0.0910. The van der Waals surface area contributed by atoms with Gasteiger partial charge >= 0.3 is 5.97 Å². The lowest BCUT2D eigenvalue weighted by Crippen LogP contribution is -2.54. The molecule has 2 unspecified atom stereocenters. The lowest BCUT2D eigenvalue weighted by Gasteiger charge is -2.44. The molecule has 2 atom stereocenters. The Kier molecular flexibility index (Phi) is 5.17. The molecule has 0 spiro atoms. The van der Waals surface area contributed by atoms with Gasteiger partial charge in [-0.05, 0) is 54.1 Å². The van der Waals surface area contributed by atoms with E-state index in [1.54, 1.807) is 0 Å². The van der Waals surface area contributed by atoms with Gasteiger partial charge in [0, 0.05) is 30.6 Å². The van der Waals surface area contributed by atoms with E-state index in [1.807, 2.05) is 0 Å². The number of hydrogen-bond acceptors (Lipinski definition) is 3. The van der Waals surface area contributed by atoms with E-state index >= 15 is 0 Å². The molecule has 0 aromatic carbocycles. The molecule has 0 amide bonds. The first-order valence-electron chi connectivity index (χ1n) is 6.90. The number of aliphatic carboxylic acids is 1. The van der Waals surface area contributed by atoms with E-state index in [-0.39, 0.29) is 12.0 Å². The molecule has 0 aliphatic carbocycles. The van der Waals surface area contributed by atoms with E-state index in [9.17, 15) is 4.79 Å². The highest BCUT2D eigenvalue weighted by Gasteiger charge is 2.35. The lowest BCUT2D eigenvalue weighted by molar-refractivity contribution is -0.137. The monoisotopic (exact) mass is 256 g/mol. The molecule has 1 fully saturated rings. The molecule has 0 aromatic rings. The molecule has 0 bridgehead atoms. The zero-order chi connectivity index (χ0) is 13.9. The number of carbonyl (C=O) groups is 1. The summed E-state index contributed by atoms with van der Waals surface area (Å²) in [6.45, 7) is 11.0. The van der Waals surface area contributed by atoms with Crippen molar-refractivity contribution in [1.82, 2.24) is 9.80 Å². The fourth-order valence-electron chi connectivity index (χ4n) is 3.17. The Balaban J connectivity index is 2.84. The Morgan fingerprint density at radius 2 is 2.00 bits per heavy atom. The van der Waals surface area contributed by atoms with Crippen LogP contribution in [0.1, 0.15) is 47.0 Å². The van der Waals surface area contributed by atoms with Crippen LogP contribution >= 0.6 is 0 Å². The predicted octanol–water partition coefficient (Wildman–Crippen LogP) is 2.04. The topological polar surface area (TPSA) is 43.8 Å². The van der Waals surface area contributed by atoms with Crippen LogP contribution in [0.25, 0.3) is 0 Å². The number of hydrogen-bond donors (Lipinski definition) is 1. The van der Waals surface area contributed by atoms with Gasteiger partial charge in [-0.25, -0.2) is 0 Å². The number of carboxylic acids is 1. The van der Waals surface area contributed by atoms with Crippen molar-refractivity contribution in [2.75, 3.05) is 20.1 Å². The van der Waals surface area contributed by atoms with Gasteiger partial charge in [0.2, 0.25) is 0 Å². The molecule has 0 aromatic heterocycles. The Morgan fingerprint density at radius 1 is 1.39 bits per heavy atom. The first kappa shape index (κ1) is 15.4. The normalized spacial score (nSPS) is 28.1. The number of nitrogens with zero attached hydrogens (tertiary/aromatic N) is 2. The SMILES string of the molecule is CC1CCN(C)CC(CCC(=O)O)N1C(C)(C)C. The highest BCUT2D eigenvalue weighted by atomic mass is 16.4. The molecule has 106 valence electrons. The highest BCUT2D eigenvalue weighted by molar-refractivity contribution is 5.66. The second kappa shape index (κ2) is 6.02. The maximum Gasteiger partial charge on any atom is 0.303 e. The summed E-state index contributed by atoms with van der Waals surface area (Å²) in [7, 11) is 2.13. The molecular formula is C14H28N2O2. The van der Waals surface area contributed by atoms with Crippen molar-refractivity contribution >= 4 is 5.97 Å². The Morgan fingerprint density at radius 3 is 2.50 bits per heavy atom. The molecule has 0 radical (unpaired) electrons. The van der Waals surface area contributed by atoms with Gasteiger partial charge in [0.1, 0.15) is 0 Å². The van der Waals surface area contributed by atoms with Gasteiger partial charge in [0.15, 0.2) is 0 Å². The van der Waals surface area contributed by atoms with E-state index in [2.05, 4.69) is 44.5 Å². The van der Waals surface area contributed by atoms with Crippen molar-refractivity contribution < 1.29 is 9.90 Å². The fraction of sp³-hybridized carbons (Fsp3) is 0.929. The van der Waals surface area contributed by atoms with Crippen LogP contribution in [-0.2, 0) is 4.79 Å². The van der Waals surface area contributed by atoms with Gasteiger partial charge in [0.25, 0.3) is 0 Å². The van der Waals surface area contributed by atoms with Crippen molar-refractivity contribution in [1.29, 1.82) is 0 Å². The Bertz CT molecular complexity index is 286. The fourth-order valence-corrected chi connectivity index (χ4v) is 3.17. The second-order valence-electron chi connectivity index (χ2n) is 6.56. The molecule has 1 saturated heterocycles. The van der Waals surface area contributed by atoms with Crippen LogP contribution in [0.3, 0.4) is 0 Å². The van der Waals surface area contributed by atoms with Crippen LogP contribution in [0.15, 0.2) is 0 Å². The molecule has 4 heteroatoms. The highest BCUT2D eigenvalue weighted by Crippen LogP contribution is 2.27. The molecule has 1 rings (SSSR count). The minimum atomic E-state index is -0.691. The van der Waals surface area contributed by atoms with Crippen molar-refractivity contribution in [3.05, 3.63) is 0 Å². The van der Waals surface area contributed by atoms with E-state index in [0.29, 0.717) is 12.1 Å². The summed E-state index contributed by atoms with van der Waals surface area (Å²) in [5.74, 6) is -0.691. The molecule has 1 aliphatic rings. The summed E-state index contributed by atoms with van der Waals surface area (Å²) in [5, 5.41) is 8.90. The maximum absolute atomic E-state index is 10.8. The molecule has 4 nitrogen and oxygen atoms in total. The third-order valence-electron chi connectivity index (χ3n) is 3.79. The largest absolute Gasteiger partial charge is 0.481 e. The molecule has 0 saturated carbocycles. The van der Waals surface area contributed by atoms with Crippen LogP contribution in [-0.4, -0.2) is 58.6 Å². The van der Waals surface area contributed by atoms with Gasteiger partial charge in [-0.15, -0.1) is 0 Å². The summed E-state index contributed by atoms with van der Waals surface area (Å²) in [6, 6.07) is 0.845. The minimum Gasteiger partial charge on any atom is -0.481 e. The third-order valence-corrected chi connectivity index (χ3v) is 3.79. The predicted molar refractivity (Wildman–Crippen MR) is 73.8 cm³/mol. The van der Waals surface area contributed by atoms with Gasteiger partial charge in [-0.3, -0.25) is 9.69 Å². The van der Waals surface area contributed by atoms with Crippen molar-refractivity contribution in [3.63, 3.8) is 0 Å². The lowest BCUT2D eigenvalue weighted by atomic mass is 9.97. The quantitative estimate of drug-likeness (QED) is 0.839. The Labute approximate surface area is 111 Å². The summed E-state index contributed by atoms with van der Waals surface area (Å²) in [4.78, 5) is 15.7. The van der Waals surface area contributed by atoms with E-state index in [4.69, 9.17) is 5.11 Å². The van der Waals surface area contributed by atoms with E-state index in [1.165, 1.54) is 0 Å². The van der Waals surface area contributed by atoms with Crippen LogP contribution < -0.4 is 0 Å². The van der Waals surface area contributed by atoms with Gasteiger partial charge in [0.05, 0.1) is 0 Å². The summed E-state index contributed by atoms with van der Waals surface area (Å²) >= 11 is 0. The Hall–Kier alpha value is -0.610. The second-order valence-corrected chi connectivity index (χ2v) is 6.56. The van der Waals surface area contributed by atoms with Crippen LogP contribution in [0.4, 0.5) is 0 Å². The molecule has 1 N–H and O–H groups in total. The number of carboxylic acid groups (broad SMARTS) is 1. The summed E-state index contributed by atoms with van der Waals surface area (Å²) in [6.07, 6.45) is 2.15. The summed E-state index contributed by atoms with van der Waals surface area (Å²) < 4.78 is 0. The summed E-state index contributed by atoms with van der Waals surface area (Å²) in [5.41, 5.74) is 0.0910. The zero-order valence-corrected chi connectivity index (χ0v) is 12.4. The van der Waals surface area contributed by atoms with Gasteiger partial charge < -0.3 is 10.0 Å². The first-order valence-corrected chi connectivity index (χ1v) is 6.90. The van der Waals surface area contributed by atoms with Crippen molar-refractivity contribution in [3.8, 4) is 0 Å². The smallest absolute Gasteiger partial charge is 0.303 e. The van der Waals surface area contributed by atoms with Crippen LogP contribution in [0.2, 0.25) is 0 Å². The molecular weight excluding hydrogens is 228 g/mol. The molecule has 18 heavy (non-hydrogen) atoms. The van der Waals surface area contributed by atoms with E-state index < -0.39 is 5.97 Å². The van der Waals surface area contributed by atoms with Crippen LogP contribution in [0.5, 0.6) is 0 Å². The molecule has 1 aliphatic heterocycles. The number of likely N-dealkylation sites (N-methyl/N-ethyl adjacent to an activating group) is 1. The van der Waals surface area contributed by atoms with Gasteiger partial charge in [-0.1, -0.05) is 0 Å². The van der Waals surface area contributed by atoms with Crippen LogP contribution in [0, 0.1) is 0 Å². The zero-order valence-electron chi connectivity index (χ0n) is 12.4. The average Bonchev–Trinajstić information content (AvgIpc) is 2.34. The first-order chi connectivity index (χ1) is 8.21. The van der Waals surface area contributed by atoms with Crippen molar-refractivity contribution in [2.45, 2.75) is 64.6 Å². The average molecular weight is 256 g/mol. The van der Waals surface area contributed by atoms with E-state index in [0.717, 1.165) is 25.9 Å². The third kappa shape index (κ3) is 4.25. The van der Waals surface area contributed by atoms with Gasteiger partial charge in [-0.2, -0.15) is 0 Å². The number of rotatable bonds is 3. The van der Waals surface area contributed by atoms with Crippen molar-refractivity contribution in [2.24, 2.45) is 0 Å². The molecule has 1 heterocycles. The maximum atomic E-state index is 10.8.